The summed E-state index contributed by atoms with van der Waals surface area (Å²) < 4.78 is 11.6. The lowest BCUT2D eigenvalue weighted by molar-refractivity contribution is -0.157. The largest absolute Gasteiger partial charge is 0.367 e. The quantitative estimate of drug-likeness (QED) is 0.820. The van der Waals surface area contributed by atoms with Crippen LogP contribution in [0.1, 0.15) is 16.7 Å². The van der Waals surface area contributed by atoms with Gasteiger partial charge in [-0.05, 0) is 5.56 Å². The van der Waals surface area contributed by atoms with Gasteiger partial charge in [0.15, 0.2) is 0 Å². The van der Waals surface area contributed by atoms with Gasteiger partial charge in [0.1, 0.15) is 17.2 Å². The van der Waals surface area contributed by atoms with Gasteiger partial charge >= 0.3 is 0 Å². The summed E-state index contributed by atoms with van der Waals surface area (Å²) in [7, 11) is 0. The lowest BCUT2D eigenvalue weighted by Crippen LogP contribution is -2.53. The molecule has 1 amide bonds. The normalized spacial score (nSPS) is 24.5. The number of benzene rings is 1. The van der Waals surface area contributed by atoms with Gasteiger partial charge in [-0.1, -0.05) is 30.3 Å². The molecule has 2 unspecified atom stereocenters. The van der Waals surface area contributed by atoms with E-state index in [1.54, 1.807) is 17.5 Å². The highest BCUT2D eigenvalue weighted by Crippen LogP contribution is 2.25. The van der Waals surface area contributed by atoms with Crippen molar-refractivity contribution >= 4 is 17.2 Å². The molecule has 0 N–H and O–H groups in total. The van der Waals surface area contributed by atoms with Gasteiger partial charge in [-0.25, -0.2) is 4.98 Å². The fourth-order valence-corrected chi connectivity index (χ4v) is 4.11. The van der Waals surface area contributed by atoms with Crippen molar-refractivity contribution < 1.29 is 14.3 Å². The predicted molar refractivity (Wildman–Crippen MR) is 98.8 cm³/mol. The van der Waals surface area contributed by atoms with Crippen molar-refractivity contribution in [2.45, 2.75) is 18.8 Å². The minimum absolute atomic E-state index is 0.0626. The Morgan fingerprint density at radius 1 is 1.15 bits per heavy atom. The van der Waals surface area contributed by atoms with Crippen LogP contribution < -0.4 is 0 Å². The van der Waals surface area contributed by atoms with Crippen LogP contribution in [-0.2, 0) is 20.8 Å². The summed E-state index contributed by atoms with van der Waals surface area (Å²) in [4.78, 5) is 21.4. The fourth-order valence-electron chi connectivity index (χ4n) is 3.43. The fraction of sp³-hybridized carbons (Fsp3) is 0.474. The van der Waals surface area contributed by atoms with E-state index in [2.05, 4.69) is 22.0 Å². The Labute approximate surface area is 157 Å². The number of carbonyl (C=O) groups excluding carboxylic acids is 1. The molecule has 3 heterocycles. The van der Waals surface area contributed by atoms with Gasteiger partial charge in [-0.15, -0.1) is 11.3 Å². The molecule has 26 heavy (non-hydrogen) atoms. The number of morpholine rings is 2. The first-order chi connectivity index (χ1) is 12.8. The van der Waals surface area contributed by atoms with Crippen LogP contribution in [0, 0.1) is 0 Å². The van der Waals surface area contributed by atoms with E-state index in [4.69, 9.17) is 9.47 Å². The first-order valence-corrected chi connectivity index (χ1v) is 9.85. The van der Waals surface area contributed by atoms with Crippen molar-refractivity contribution in [3.05, 3.63) is 52.5 Å². The van der Waals surface area contributed by atoms with Gasteiger partial charge in [0.25, 0.3) is 5.91 Å². The molecule has 0 bridgehead atoms. The van der Waals surface area contributed by atoms with Crippen molar-refractivity contribution in [2.24, 2.45) is 0 Å². The number of rotatable bonds is 4. The van der Waals surface area contributed by atoms with Gasteiger partial charge in [0.05, 0.1) is 19.8 Å². The number of ether oxygens (including phenoxy) is 2. The van der Waals surface area contributed by atoms with Crippen molar-refractivity contribution in [1.82, 2.24) is 14.8 Å². The molecule has 2 atom stereocenters. The molecule has 0 aliphatic carbocycles. The van der Waals surface area contributed by atoms with Gasteiger partial charge < -0.3 is 14.4 Å². The summed E-state index contributed by atoms with van der Waals surface area (Å²) >= 11 is 1.57. The summed E-state index contributed by atoms with van der Waals surface area (Å²) in [5.74, 6) is 0.0626. The average molecular weight is 373 g/mol. The third-order valence-electron chi connectivity index (χ3n) is 4.78. The zero-order valence-corrected chi connectivity index (χ0v) is 15.4. The zero-order chi connectivity index (χ0) is 17.8. The summed E-state index contributed by atoms with van der Waals surface area (Å²) in [6, 6.07) is 10.3. The minimum atomic E-state index is -0.400. The second-order valence-electron chi connectivity index (χ2n) is 6.59. The van der Waals surface area contributed by atoms with Gasteiger partial charge in [0, 0.05) is 37.8 Å². The van der Waals surface area contributed by atoms with Crippen molar-refractivity contribution in [3.8, 4) is 0 Å². The maximum Gasteiger partial charge on any atom is 0.253 e. The summed E-state index contributed by atoms with van der Waals surface area (Å²) in [6.45, 7) is 4.61. The molecule has 2 fully saturated rings. The molecule has 138 valence electrons. The van der Waals surface area contributed by atoms with Gasteiger partial charge in [-0.3, -0.25) is 9.69 Å². The Kier molecular flexibility index (Phi) is 5.59. The summed E-state index contributed by atoms with van der Waals surface area (Å²) in [5.41, 5.74) is 1.26. The molecule has 0 radical (unpaired) electrons. The second-order valence-corrected chi connectivity index (χ2v) is 7.52. The maximum atomic E-state index is 13.0. The Hall–Kier alpha value is -1.80. The molecule has 4 rings (SSSR count). The maximum absolute atomic E-state index is 13.0. The molecule has 2 aliphatic rings. The summed E-state index contributed by atoms with van der Waals surface area (Å²) in [5, 5.41) is 2.86. The molecule has 2 aliphatic heterocycles. The number of carbonyl (C=O) groups is 1. The van der Waals surface area contributed by atoms with E-state index in [9.17, 15) is 4.79 Å². The number of hydrogen-bond donors (Lipinski definition) is 0. The smallest absolute Gasteiger partial charge is 0.253 e. The number of thiazole rings is 1. The van der Waals surface area contributed by atoms with Gasteiger partial charge in [-0.2, -0.15) is 0 Å². The SMILES string of the molecule is O=C(C1CN(Cc2ccccc2)CCO1)N1CCOC(c2nccs2)C1. The Morgan fingerprint density at radius 2 is 2.00 bits per heavy atom. The first-order valence-electron chi connectivity index (χ1n) is 8.97. The first kappa shape index (κ1) is 17.6. The van der Waals surface area contributed by atoms with E-state index < -0.39 is 6.10 Å². The van der Waals surface area contributed by atoms with Crippen LogP contribution in [-0.4, -0.2) is 66.2 Å². The van der Waals surface area contributed by atoms with Crippen LogP contribution in [0.15, 0.2) is 41.9 Å². The van der Waals surface area contributed by atoms with E-state index in [1.165, 1.54) is 5.56 Å². The predicted octanol–water partition coefficient (Wildman–Crippen LogP) is 1.94. The zero-order valence-electron chi connectivity index (χ0n) is 14.6. The van der Waals surface area contributed by atoms with Crippen molar-refractivity contribution in [3.63, 3.8) is 0 Å². The lowest BCUT2D eigenvalue weighted by atomic mass is 10.1. The van der Waals surface area contributed by atoms with E-state index in [0.29, 0.717) is 32.8 Å². The molecule has 6 nitrogen and oxygen atoms in total. The Morgan fingerprint density at radius 3 is 2.81 bits per heavy atom. The number of aromatic nitrogens is 1. The molecule has 2 aromatic rings. The molecular formula is C19H23N3O3S. The topological polar surface area (TPSA) is 54.9 Å². The van der Waals surface area contributed by atoms with Gasteiger partial charge in [0.2, 0.25) is 0 Å². The molecule has 1 aromatic carbocycles. The molecular weight excluding hydrogens is 350 g/mol. The van der Waals surface area contributed by atoms with Crippen LogP contribution in [0.2, 0.25) is 0 Å². The van der Waals surface area contributed by atoms with E-state index in [1.807, 2.05) is 28.5 Å². The monoisotopic (exact) mass is 373 g/mol. The molecule has 7 heteroatoms. The average Bonchev–Trinajstić information content (AvgIpc) is 3.23. The van der Waals surface area contributed by atoms with Crippen LogP contribution >= 0.6 is 11.3 Å². The van der Waals surface area contributed by atoms with Crippen LogP contribution in [0.5, 0.6) is 0 Å². The highest BCUT2D eigenvalue weighted by Gasteiger charge is 2.34. The standard InChI is InChI=1S/C19H23N3O3S/c23-19(22-8-10-24-16(14-22)18-20-6-11-26-18)17-13-21(7-9-25-17)12-15-4-2-1-3-5-15/h1-6,11,16-17H,7-10,12-14H2. The minimum Gasteiger partial charge on any atom is -0.367 e. The molecule has 0 saturated carbocycles. The molecule has 1 aromatic heterocycles. The van der Waals surface area contributed by atoms with Crippen LogP contribution in [0.4, 0.5) is 0 Å². The highest BCUT2D eigenvalue weighted by atomic mass is 32.1. The highest BCUT2D eigenvalue weighted by molar-refractivity contribution is 7.09. The molecule has 2 saturated heterocycles. The van der Waals surface area contributed by atoms with Crippen molar-refractivity contribution in [1.29, 1.82) is 0 Å². The summed E-state index contributed by atoms with van der Waals surface area (Å²) in [6.07, 6.45) is 1.25. The lowest BCUT2D eigenvalue weighted by Gasteiger charge is -2.37. The van der Waals surface area contributed by atoms with E-state index >= 15 is 0 Å². The Bertz CT molecular complexity index is 710. The van der Waals surface area contributed by atoms with Crippen molar-refractivity contribution in [2.75, 3.05) is 39.4 Å². The number of hydrogen-bond acceptors (Lipinski definition) is 6. The number of nitrogens with zero attached hydrogens (tertiary/aromatic N) is 3. The Balaban J connectivity index is 1.36. The van der Waals surface area contributed by atoms with E-state index in [0.717, 1.165) is 18.1 Å². The molecule has 0 spiro atoms. The van der Waals surface area contributed by atoms with E-state index in [-0.39, 0.29) is 12.0 Å². The van der Waals surface area contributed by atoms with Crippen LogP contribution in [0.3, 0.4) is 0 Å². The van der Waals surface area contributed by atoms with Crippen LogP contribution in [0.25, 0.3) is 0 Å². The third-order valence-corrected chi connectivity index (χ3v) is 5.65. The number of amides is 1. The third kappa shape index (κ3) is 4.12. The second kappa shape index (κ2) is 8.26.